The zero-order chi connectivity index (χ0) is 13.4. The summed E-state index contributed by atoms with van der Waals surface area (Å²) in [5, 5.41) is 11.1. The highest BCUT2D eigenvalue weighted by atomic mass is 79.9. The van der Waals surface area contributed by atoms with E-state index in [0.29, 0.717) is 11.1 Å². The molecule has 17 heavy (non-hydrogen) atoms. The SMILES string of the molecule is CC(C)(C)c1ccc(CBr)c(O)c1C(C)(C)C. The molecule has 0 saturated heterocycles. The third-order valence-corrected chi connectivity index (χ3v) is 3.57. The van der Waals surface area contributed by atoms with Gasteiger partial charge in [0.05, 0.1) is 0 Å². The lowest BCUT2D eigenvalue weighted by Gasteiger charge is -2.31. The maximum absolute atomic E-state index is 10.4. The first-order valence-electron chi connectivity index (χ1n) is 6.01. The molecule has 0 spiro atoms. The minimum absolute atomic E-state index is 0.0466. The Morgan fingerprint density at radius 3 is 1.88 bits per heavy atom. The number of aromatic hydroxyl groups is 1. The van der Waals surface area contributed by atoms with Crippen LogP contribution in [0.25, 0.3) is 0 Å². The van der Waals surface area contributed by atoms with Gasteiger partial charge in [0.1, 0.15) is 5.75 Å². The molecule has 0 bridgehead atoms. The van der Waals surface area contributed by atoms with Gasteiger partial charge in [0.2, 0.25) is 0 Å². The molecule has 1 aromatic carbocycles. The summed E-state index contributed by atoms with van der Waals surface area (Å²) in [6.45, 7) is 13.0. The zero-order valence-corrected chi connectivity index (χ0v) is 13.3. The van der Waals surface area contributed by atoms with Crippen LogP contribution in [0.5, 0.6) is 5.75 Å². The van der Waals surface area contributed by atoms with Crippen LogP contribution in [-0.2, 0) is 16.2 Å². The van der Waals surface area contributed by atoms with Gasteiger partial charge in [-0.15, -0.1) is 0 Å². The highest BCUT2D eigenvalue weighted by molar-refractivity contribution is 9.08. The summed E-state index contributed by atoms with van der Waals surface area (Å²) in [6.07, 6.45) is 0. The molecule has 2 heteroatoms. The van der Waals surface area contributed by atoms with Crippen molar-refractivity contribution in [2.24, 2.45) is 0 Å². The number of alkyl halides is 1. The zero-order valence-electron chi connectivity index (χ0n) is 11.7. The van der Waals surface area contributed by atoms with E-state index in [1.54, 1.807) is 0 Å². The van der Waals surface area contributed by atoms with Gasteiger partial charge in [0, 0.05) is 16.5 Å². The molecule has 1 aromatic rings. The molecule has 96 valence electrons. The maximum atomic E-state index is 10.4. The van der Waals surface area contributed by atoms with Crippen LogP contribution >= 0.6 is 15.9 Å². The van der Waals surface area contributed by atoms with Gasteiger partial charge in [-0.25, -0.2) is 0 Å². The van der Waals surface area contributed by atoms with Gasteiger partial charge < -0.3 is 5.11 Å². The van der Waals surface area contributed by atoms with Gasteiger partial charge in [-0.1, -0.05) is 69.6 Å². The van der Waals surface area contributed by atoms with E-state index in [1.807, 2.05) is 6.07 Å². The Balaban J connectivity index is 3.59. The van der Waals surface area contributed by atoms with Crippen LogP contribution < -0.4 is 0 Å². The Morgan fingerprint density at radius 2 is 1.53 bits per heavy atom. The number of hydrogen-bond acceptors (Lipinski definition) is 1. The first kappa shape index (κ1) is 14.6. The van der Waals surface area contributed by atoms with E-state index in [-0.39, 0.29) is 10.8 Å². The van der Waals surface area contributed by atoms with E-state index in [0.717, 1.165) is 11.1 Å². The summed E-state index contributed by atoms with van der Waals surface area (Å²) in [4.78, 5) is 0. The highest BCUT2D eigenvalue weighted by Gasteiger charge is 2.28. The van der Waals surface area contributed by atoms with Gasteiger partial charge in [-0.2, -0.15) is 0 Å². The molecule has 1 N–H and O–H groups in total. The quantitative estimate of drug-likeness (QED) is 0.733. The van der Waals surface area contributed by atoms with Crippen LogP contribution in [0, 0.1) is 0 Å². The number of hydrogen-bond donors (Lipinski definition) is 1. The second-order valence-electron chi connectivity index (χ2n) is 6.63. The predicted molar refractivity (Wildman–Crippen MR) is 78.1 cm³/mol. The molecular weight excluding hydrogens is 276 g/mol. The summed E-state index contributed by atoms with van der Waals surface area (Å²) in [5.41, 5.74) is 3.26. The van der Waals surface area contributed by atoms with Crippen molar-refractivity contribution < 1.29 is 5.11 Å². The Bertz CT molecular complexity index is 408. The van der Waals surface area contributed by atoms with Crippen molar-refractivity contribution in [1.29, 1.82) is 0 Å². The minimum atomic E-state index is -0.0507. The average molecular weight is 299 g/mol. The van der Waals surface area contributed by atoms with Crippen LogP contribution in [0.3, 0.4) is 0 Å². The van der Waals surface area contributed by atoms with Gasteiger partial charge in [-0.3, -0.25) is 0 Å². The molecule has 0 amide bonds. The predicted octanol–water partition coefficient (Wildman–Crippen LogP) is 4.88. The monoisotopic (exact) mass is 298 g/mol. The second kappa shape index (κ2) is 4.64. The molecule has 0 fully saturated rings. The van der Waals surface area contributed by atoms with Gasteiger partial charge >= 0.3 is 0 Å². The summed E-state index contributed by atoms with van der Waals surface area (Å²) in [7, 11) is 0. The molecule has 0 aliphatic heterocycles. The van der Waals surface area contributed by atoms with Gasteiger partial charge in [0.25, 0.3) is 0 Å². The Kier molecular flexibility index (Phi) is 3.97. The first-order chi connectivity index (χ1) is 7.59. The lowest BCUT2D eigenvalue weighted by atomic mass is 9.74. The summed E-state index contributed by atoms with van der Waals surface area (Å²) in [6, 6.07) is 4.16. The topological polar surface area (TPSA) is 20.2 Å². The fourth-order valence-electron chi connectivity index (χ4n) is 2.13. The average Bonchev–Trinajstić information content (AvgIpc) is 2.13. The van der Waals surface area contributed by atoms with Crippen molar-refractivity contribution in [1.82, 2.24) is 0 Å². The third kappa shape index (κ3) is 3.04. The lowest BCUT2D eigenvalue weighted by Crippen LogP contribution is -2.22. The first-order valence-corrected chi connectivity index (χ1v) is 7.13. The smallest absolute Gasteiger partial charge is 0.123 e. The van der Waals surface area contributed by atoms with E-state index in [9.17, 15) is 5.11 Å². The van der Waals surface area contributed by atoms with E-state index >= 15 is 0 Å². The Hall–Kier alpha value is -0.500. The third-order valence-electron chi connectivity index (χ3n) is 2.96. The second-order valence-corrected chi connectivity index (χ2v) is 7.19. The molecular formula is C15H23BrO. The Labute approximate surface area is 113 Å². The van der Waals surface area contributed by atoms with E-state index in [1.165, 1.54) is 5.56 Å². The number of phenolic OH excluding ortho intramolecular Hbond substituents is 1. The summed E-state index contributed by atoms with van der Waals surface area (Å²) in [5.74, 6) is 0.446. The van der Waals surface area contributed by atoms with Crippen molar-refractivity contribution >= 4 is 15.9 Å². The lowest BCUT2D eigenvalue weighted by molar-refractivity contribution is 0.431. The molecule has 0 aliphatic rings. The van der Waals surface area contributed by atoms with Crippen LogP contribution in [0.2, 0.25) is 0 Å². The van der Waals surface area contributed by atoms with Gasteiger partial charge in [-0.05, 0) is 16.4 Å². The normalized spacial score (nSPS) is 12.9. The molecule has 0 aliphatic carbocycles. The maximum Gasteiger partial charge on any atom is 0.123 e. The minimum Gasteiger partial charge on any atom is -0.507 e. The molecule has 0 aromatic heterocycles. The molecule has 0 heterocycles. The van der Waals surface area contributed by atoms with Crippen molar-refractivity contribution in [2.75, 3.05) is 0 Å². The summed E-state index contributed by atoms with van der Waals surface area (Å²) < 4.78 is 0. The molecule has 1 rings (SSSR count). The standard InChI is InChI=1S/C15H23BrO/c1-14(2,3)11-8-7-10(9-16)13(17)12(11)15(4,5)6/h7-8,17H,9H2,1-6H3. The van der Waals surface area contributed by atoms with Crippen molar-refractivity contribution in [3.63, 3.8) is 0 Å². The van der Waals surface area contributed by atoms with Crippen LogP contribution in [0.4, 0.5) is 0 Å². The van der Waals surface area contributed by atoms with E-state index < -0.39 is 0 Å². The number of phenols is 1. The number of rotatable bonds is 1. The van der Waals surface area contributed by atoms with E-state index in [2.05, 4.69) is 63.5 Å². The van der Waals surface area contributed by atoms with Gasteiger partial charge in [0.15, 0.2) is 0 Å². The van der Waals surface area contributed by atoms with Crippen molar-refractivity contribution in [2.45, 2.75) is 57.7 Å². The number of halogens is 1. The highest BCUT2D eigenvalue weighted by Crippen LogP contribution is 2.41. The largest absolute Gasteiger partial charge is 0.507 e. The van der Waals surface area contributed by atoms with Crippen LogP contribution in [-0.4, -0.2) is 5.11 Å². The van der Waals surface area contributed by atoms with Crippen LogP contribution in [0.1, 0.15) is 58.2 Å². The number of benzene rings is 1. The van der Waals surface area contributed by atoms with Crippen molar-refractivity contribution in [3.8, 4) is 5.75 Å². The molecule has 0 saturated carbocycles. The van der Waals surface area contributed by atoms with E-state index in [4.69, 9.17) is 0 Å². The molecule has 0 atom stereocenters. The van der Waals surface area contributed by atoms with Crippen molar-refractivity contribution in [3.05, 3.63) is 28.8 Å². The molecule has 0 radical (unpaired) electrons. The summed E-state index contributed by atoms with van der Waals surface area (Å²) >= 11 is 3.42. The fraction of sp³-hybridized carbons (Fsp3) is 0.600. The molecule has 1 nitrogen and oxygen atoms in total. The molecule has 0 unspecified atom stereocenters. The van der Waals surface area contributed by atoms with Crippen LogP contribution in [0.15, 0.2) is 12.1 Å². The Morgan fingerprint density at radius 1 is 1.00 bits per heavy atom. The fourth-order valence-corrected chi connectivity index (χ4v) is 2.58.